The van der Waals surface area contributed by atoms with Crippen molar-refractivity contribution in [3.8, 4) is 0 Å². The van der Waals surface area contributed by atoms with E-state index in [0.29, 0.717) is 18.2 Å². The largest absolute Gasteiger partial charge is 0.381 e. The molecule has 1 aromatic rings. The predicted octanol–water partition coefficient (Wildman–Crippen LogP) is 2.93. The normalized spacial score (nSPS) is 22.5. The number of hydrogen-bond acceptors (Lipinski definition) is 3. The van der Waals surface area contributed by atoms with Crippen LogP contribution >= 0.6 is 0 Å². The number of nitrogens with one attached hydrogen (secondary N) is 1. The highest BCUT2D eigenvalue weighted by atomic mass is 16.5. The van der Waals surface area contributed by atoms with Crippen LogP contribution in [-0.2, 0) is 16.0 Å². The van der Waals surface area contributed by atoms with Crippen LogP contribution in [0, 0.1) is 5.92 Å². The van der Waals surface area contributed by atoms with Gasteiger partial charge in [-0.25, -0.2) is 0 Å². The first-order valence-electron chi connectivity index (χ1n) is 9.44. The van der Waals surface area contributed by atoms with Gasteiger partial charge in [0.1, 0.15) is 0 Å². The van der Waals surface area contributed by atoms with Crippen molar-refractivity contribution in [2.24, 2.45) is 5.92 Å². The molecular weight excluding hydrogens is 300 g/mol. The second kappa shape index (κ2) is 8.63. The zero-order chi connectivity index (χ0) is 16.8. The summed E-state index contributed by atoms with van der Waals surface area (Å²) in [6.45, 7) is 6.45. The molecule has 132 valence electrons. The third-order valence-electron chi connectivity index (χ3n) is 5.44. The monoisotopic (exact) mass is 330 g/mol. The smallest absolute Gasteiger partial charge is 0.223 e. The Morgan fingerprint density at radius 1 is 1.25 bits per heavy atom. The highest BCUT2D eigenvalue weighted by Crippen LogP contribution is 2.26. The fourth-order valence-electron chi connectivity index (χ4n) is 3.78. The molecule has 3 rings (SSSR count). The molecule has 2 heterocycles. The van der Waals surface area contributed by atoms with E-state index in [-0.39, 0.29) is 6.04 Å². The molecule has 2 aliphatic rings. The summed E-state index contributed by atoms with van der Waals surface area (Å²) in [6.07, 6.45) is 4.95. The van der Waals surface area contributed by atoms with Crippen molar-refractivity contribution in [3.63, 3.8) is 0 Å². The molecule has 4 nitrogen and oxygen atoms in total. The molecule has 0 aliphatic carbocycles. The molecule has 1 amide bonds. The molecule has 1 atom stereocenters. The first-order valence-corrected chi connectivity index (χ1v) is 9.44. The maximum absolute atomic E-state index is 12.8. The average Bonchev–Trinajstić information content (AvgIpc) is 2.67. The Balaban J connectivity index is 1.61. The average molecular weight is 330 g/mol. The Morgan fingerprint density at radius 2 is 2.00 bits per heavy atom. The molecule has 0 bridgehead atoms. The molecule has 0 spiro atoms. The van der Waals surface area contributed by atoms with Gasteiger partial charge in [-0.05, 0) is 42.7 Å². The fraction of sp³-hybridized carbons (Fsp3) is 0.650. The summed E-state index contributed by atoms with van der Waals surface area (Å²) in [6, 6.07) is 8.93. The molecular formula is C20H30N2O2. The molecule has 0 saturated carbocycles. The number of aryl methyl sites for hydroxylation is 1. The number of benzene rings is 1. The second-order valence-corrected chi connectivity index (χ2v) is 7.00. The minimum Gasteiger partial charge on any atom is -0.381 e. The van der Waals surface area contributed by atoms with Crippen molar-refractivity contribution in [1.82, 2.24) is 10.2 Å². The molecule has 1 unspecified atom stereocenters. The van der Waals surface area contributed by atoms with E-state index < -0.39 is 0 Å². The Hall–Kier alpha value is -1.39. The van der Waals surface area contributed by atoms with Crippen molar-refractivity contribution in [2.75, 3.05) is 32.8 Å². The Labute approximate surface area is 145 Å². The molecule has 2 aliphatic heterocycles. The summed E-state index contributed by atoms with van der Waals surface area (Å²) in [5, 5.41) is 3.44. The van der Waals surface area contributed by atoms with E-state index in [1.165, 1.54) is 11.1 Å². The molecule has 0 aromatic heterocycles. The number of hydrogen-bond donors (Lipinski definition) is 1. The van der Waals surface area contributed by atoms with Gasteiger partial charge in [-0.3, -0.25) is 4.79 Å². The fourth-order valence-corrected chi connectivity index (χ4v) is 3.78. The van der Waals surface area contributed by atoms with Crippen LogP contribution in [-0.4, -0.2) is 43.7 Å². The lowest BCUT2D eigenvalue weighted by Crippen LogP contribution is -2.48. The molecule has 1 aromatic carbocycles. The van der Waals surface area contributed by atoms with Crippen LogP contribution in [0.2, 0.25) is 0 Å². The van der Waals surface area contributed by atoms with Crippen LogP contribution in [0.5, 0.6) is 0 Å². The van der Waals surface area contributed by atoms with Crippen LogP contribution in [0.4, 0.5) is 0 Å². The van der Waals surface area contributed by atoms with E-state index in [1.54, 1.807) is 0 Å². The van der Waals surface area contributed by atoms with Crippen molar-refractivity contribution in [1.29, 1.82) is 0 Å². The van der Waals surface area contributed by atoms with Crippen LogP contribution in [0.3, 0.4) is 0 Å². The van der Waals surface area contributed by atoms with Gasteiger partial charge in [0.25, 0.3) is 0 Å². The lowest BCUT2D eigenvalue weighted by molar-refractivity contribution is -0.135. The summed E-state index contributed by atoms with van der Waals surface area (Å²) < 4.78 is 5.41. The van der Waals surface area contributed by atoms with Crippen molar-refractivity contribution in [3.05, 3.63) is 35.4 Å². The number of ether oxygens (including phenoxy) is 1. The zero-order valence-electron chi connectivity index (χ0n) is 14.8. The SMILES string of the molecule is CCc1ccc(C2CNCCN2C(=O)CCC2CCOCC2)cc1. The van der Waals surface area contributed by atoms with Gasteiger partial charge in [0.2, 0.25) is 5.91 Å². The summed E-state index contributed by atoms with van der Waals surface area (Å²) in [7, 11) is 0. The first kappa shape index (κ1) is 17.4. The van der Waals surface area contributed by atoms with E-state index in [0.717, 1.165) is 58.5 Å². The standard InChI is InChI=1S/C20H30N2O2/c1-2-16-3-6-18(7-4-16)19-15-21-11-12-22(19)20(23)8-5-17-9-13-24-14-10-17/h3-4,6-7,17,19,21H,2,5,8-15H2,1H3. The number of carbonyl (C=O) groups is 1. The zero-order valence-corrected chi connectivity index (χ0v) is 14.8. The van der Waals surface area contributed by atoms with Gasteiger partial charge in [0, 0.05) is 39.3 Å². The van der Waals surface area contributed by atoms with E-state index in [9.17, 15) is 4.79 Å². The third kappa shape index (κ3) is 4.37. The van der Waals surface area contributed by atoms with Gasteiger partial charge in [-0.1, -0.05) is 31.2 Å². The molecule has 24 heavy (non-hydrogen) atoms. The molecule has 0 radical (unpaired) electrons. The maximum atomic E-state index is 12.8. The quantitative estimate of drug-likeness (QED) is 0.902. The number of rotatable bonds is 5. The van der Waals surface area contributed by atoms with Crippen LogP contribution in [0.1, 0.15) is 49.8 Å². The lowest BCUT2D eigenvalue weighted by atomic mass is 9.94. The van der Waals surface area contributed by atoms with E-state index in [1.807, 2.05) is 0 Å². The summed E-state index contributed by atoms with van der Waals surface area (Å²) >= 11 is 0. The Bertz CT molecular complexity index is 523. The number of amides is 1. The molecule has 4 heteroatoms. The minimum absolute atomic E-state index is 0.173. The van der Waals surface area contributed by atoms with Gasteiger partial charge < -0.3 is 15.0 Å². The number of piperazine rings is 1. The highest BCUT2D eigenvalue weighted by molar-refractivity contribution is 5.77. The summed E-state index contributed by atoms with van der Waals surface area (Å²) in [5.74, 6) is 0.973. The van der Waals surface area contributed by atoms with Crippen molar-refractivity contribution < 1.29 is 9.53 Å². The highest BCUT2D eigenvalue weighted by Gasteiger charge is 2.28. The van der Waals surface area contributed by atoms with Crippen molar-refractivity contribution in [2.45, 2.75) is 45.1 Å². The lowest BCUT2D eigenvalue weighted by Gasteiger charge is -2.37. The predicted molar refractivity (Wildman–Crippen MR) is 95.9 cm³/mol. The van der Waals surface area contributed by atoms with E-state index in [4.69, 9.17) is 4.74 Å². The minimum atomic E-state index is 0.173. The van der Waals surface area contributed by atoms with E-state index in [2.05, 4.69) is 41.4 Å². The second-order valence-electron chi connectivity index (χ2n) is 7.00. The van der Waals surface area contributed by atoms with Gasteiger partial charge in [0.05, 0.1) is 6.04 Å². The van der Waals surface area contributed by atoms with Crippen molar-refractivity contribution >= 4 is 5.91 Å². The Morgan fingerprint density at radius 3 is 2.71 bits per heavy atom. The van der Waals surface area contributed by atoms with Crippen LogP contribution in [0.15, 0.2) is 24.3 Å². The van der Waals surface area contributed by atoms with Gasteiger partial charge in [0.15, 0.2) is 0 Å². The molecule has 2 saturated heterocycles. The third-order valence-corrected chi connectivity index (χ3v) is 5.44. The maximum Gasteiger partial charge on any atom is 0.223 e. The number of nitrogens with zero attached hydrogens (tertiary/aromatic N) is 1. The van der Waals surface area contributed by atoms with E-state index >= 15 is 0 Å². The summed E-state index contributed by atoms with van der Waals surface area (Å²) in [5.41, 5.74) is 2.60. The molecule has 1 N–H and O–H groups in total. The van der Waals surface area contributed by atoms with Gasteiger partial charge >= 0.3 is 0 Å². The van der Waals surface area contributed by atoms with Gasteiger partial charge in [-0.2, -0.15) is 0 Å². The van der Waals surface area contributed by atoms with Crippen LogP contribution in [0.25, 0.3) is 0 Å². The summed E-state index contributed by atoms with van der Waals surface area (Å²) in [4.78, 5) is 14.9. The number of carbonyl (C=O) groups excluding carboxylic acids is 1. The van der Waals surface area contributed by atoms with Gasteiger partial charge in [-0.15, -0.1) is 0 Å². The first-order chi connectivity index (χ1) is 11.8. The topological polar surface area (TPSA) is 41.6 Å². The van der Waals surface area contributed by atoms with Crippen LogP contribution < -0.4 is 5.32 Å². The Kier molecular flexibility index (Phi) is 6.27. The molecule has 2 fully saturated rings.